The molecule has 0 heterocycles. The maximum Gasteiger partial charge on any atom is 0.121 e. The smallest absolute Gasteiger partial charge is 0.121 e. The van der Waals surface area contributed by atoms with Crippen LogP contribution in [0.15, 0.2) is 121 Å². The summed E-state index contributed by atoms with van der Waals surface area (Å²) in [6.45, 7) is 17.4. The molecule has 0 N–H and O–H groups in total. The number of hydrogen-bond donors (Lipinski definition) is 0. The van der Waals surface area contributed by atoms with Crippen LogP contribution in [0.1, 0.15) is 122 Å². The van der Waals surface area contributed by atoms with Crippen LogP contribution in [0.5, 0.6) is 34.5 Å². The van der Waals surface area contributed by atoms with E-state index in [0.717, 1.165) is 52.0 Å². The lowest BCUT2D eigenvalue weighted by Gasteiger charge is -2.39. The van der Waals surface area contributed by atoms with E-state index in [1.807, 2.05) is 36.4 Å². The second kappa shape index (κ2) is 22.3. The molecule has 6 heteroatoms. The highest BCUT2D eigenvalue weighted by Crippen LogP contribution is 2.47. The third kappa shape index (κ3) is 11.3. The maximum absolute atomic E-state index is 5.46. The summed E-state index contributed by atoms with van der Waals surface area (Å²) in [4.78, 5) is 0. The van der Waals surface area contributed by atoms with Gasteiger partial charge in [0, 0.05) is 16.2 Å². The van der Waals surface area contributed by atoms with Gasteiger partial charge >= 0.3 is 0 Å². The molecule has 1 saturated carbocycles. The van der Waals surface area contributed by atoms with Crippen LogP contribution < -0.4 is 28.4 Å². The summed E-state index contributed by atoms with van der Waals surface area (Å²) < 4.78 is 32.1. The van der Waals surface area contributed by atoms with E-state index in [1.165, 1.54) is 76.6 Å². The van der Waals surface area contributed by atoms with E-state index in [9.17, 15) is 0 Å². The summed E-state index contributed by atoms with van der Waals surface area (Å²) in [6, 6.07) is 42.9. The fraction of sp³-hybridized carbons (Fsp3) is 0.390. The summed E-state index contributed by atoms with van der Waals surface area (Å²) in [6.07, 6.45) is 7.37. The lowest BCUT2D eigenvalue weighted by atomic mass is 9.65. The van der Waals surface area contributed by atoms with Gasteiger partial charge in [-0.2, -0.15) is 0 Å². The molecule has 0 aromatic heterocycles. The van der Waals surface area contributed by atoms with Gasteiger partial charge < -0.3 is 28.4 Å². The van der Waals surface area contributed by atoms with Crippen molar-refractivity contribution in [2.45, 2.75) is 110 Å². The molecule has 1 aliphatic carbocycles. The Bertz CT molecular complexity index is 2280. The molecule has 0 bridgehead atoms. The Kier molecular flexibility index (Phi) is 17.2. The third-order valence-corrected chi connectivity index (χ3v) is 14.0. The van der Waals surface area contributed by atoms with Crippen LogP contribution in [-0.4, -0.2) is 42.7 Å². The lowest BCUT2D eigenvalue weighted by Crippen LogP contribution is -2.30. The highest BCUT2D eigenvalue weighted by molar-refractivity contribution is 5.50. The SMILES string of the molecule is CCC(C)(c1ccc(OC)cc1)c1ccc(OC)cc1.COc1ccc(C(C)(C)c2ccc(OC)c(C)c2)cc1C.COc1ccc(C2(c3ccc(OC)c(C)c3)CCCCC2)cc1C. The number of hydrogen-bond acceptors (Lipinski definition) is 6. The van der Waals surface area contributed by atoms with Crippen molar-refractivity contribution in [3.05, 3.63) is 177 Å². The summed E-state index contributed by atoms with van der Waals surface area (Å²) in [7, 11) is 10.3. The highest BCUT2D eigenvalue weighted by Gasteiger charge is 2.36. The molecule has 0 unspecified atom stereocenters. The molecule has 0 radical (unpaired) electrons. The molecule has 0 amide bonds. The number of rotatable bonds is 13. The first-order chi connectivity index (χ1) is 31.1. The predicted octanol–water partition coefficient (Wildman–Crippen LogP) is 14.6. The molecule has 0 spiro atoms. The molecule has 1 fully saturated rings. The van der Waals surface area contributed by atoms with Crippen molar-refractivity contribution in [1.82, 2.24) is 0 Å². The molecule has 346 valence electrons. The molecule has 6 nitrogen and oxygen atoms in total. The normalized spacial score (nSPS) is 13.3. The van der Waals surface area contributed by atoms with Gasteiger partial charge in [-0.25, -0.2) is 0 Å². The Labute approximate surface area is 391 Å². The van der Waals surface area contributed by atoms with Crippen LogP contribution >= 0.6 is 0 Å². The standard InChI is InChI=1S/C22H28O2.C19H24O2.C18H22O2/c1-16-14-18(8-10-20(16)23-3)22(12-6-5-7-13-22)19-9-11-21(24-4)17(2)15-19;1-13-11-15(7-9-17(13)20-5)19(3,4)16-8-10-18(21-6)14(2)12-16;1-5-18(2,14-6-10-16(19-3)11-7-14)15-8-12-17(20-4)13-9-15/h8-11,14-15H,5-7,12-13H2,1-4H3;7-12H,1-6H3;6-13H,5H2,1-4H3. The Hall–Kier alpha value is -5.88. The number of methoxy groups -OCH3 is 6. The van der Waals surface area contributed by atoms with E-state index in [-0.39, 0.29) is 16.2 Å². The van der Waals surface area contributed by atoms with Crippen molar-refractivity contribution in [3.8, 4) is 34.5 Å². The van der Waals surface area contributed by atoms with Crippen molar-refractivity contribution in [2.75, 3.05) is 42.7 Å². The topological polar surface area (TPSA) is 55.4 Å². The van der Waals surface area contributed by atoms with Crippen LogP contribution in [0.25, 0.3) is 0 Å². The predicted molar refractivity (Wildman–Crippen MR) is 270 cm³/mol. The highest BCUT2D eigenvalue weighted by atomic mass is 16.5. The molecule has 7 rings (SSSR count). The van der Waals surface area contributed by atoms with Gasteiger partial charge in [0.1, 0.15) is 34.5 Å². The molecular weight excluding hydrogens is 805 g/mol. The zero-order valence-electron chi connectivity index (χ0n) is 41.7. The van der Waals surface area contributed by atoms with E-state index in [1.54, 1.807) is 42.7 Å². The van der Waals surface area contributed by atoms with Crippen molar-refractivity contribution in [2.24, 2.45) is 0 Å². The minimum absolute atomic E-state index is 0.00145. The third-order valence-electron chi connectivity index (χ3n) is 14.0. The van der Waals surface area contributed by atoms with E-state index >= 15 is 0 Å². The quantitative estimate of drug-likeness (QED) is 0.115. The summed E-state index contributed by atoms with van der Waals surface area (Å²) in [5.41, 5.74) is 12.8. The second-order valence-corrected chi connectivity index (χ2v) is 18.1. The van der Waals surface area contributed by atoms with Crippen LogP contribution in [-0.2, 0) is 16.2 Å². The zero-order valence-corrected chi connectivity index (χ0v) is 41.7. The van der Waals surface area contributed by atoms with E-state index in [4.69, 9.17) is 28.4 Å². The minimum atomic E-state index is -0.0614. The summed E-state index contributed by atoms with van der Waals surface area (Å²) in [5.74, 6) is 5.58. The molecule has 6 aromatic rings. The van der Waals surface area contributed by atoms with Crippen molar-refractivity contribution in [1.29, 1.82) is 0 Å². The molecule has 0 saturated heterocycles. The Morgan fingerprint density at radius 2 is 0.723 bits per heavy atom. The monoisotopic (exact) mass is 879 g/mol. The van der Waals surface area contributed by atoms with Gasteiger partial charge in [0.2, 0.25) is 0 Å². The minimum Gasteiger partial charge on any atom is -0.497 e. The fourth-order valence-electron chi connectivity index (χ4n) is 9.45. The van der Waals surface area contributed by atoms with Gasteiger partial charge in [-0.1, -0.05) is 120 Å². The van der Waals surface area contributed by atoms with Gasteiger partial charge in [0.05, 0.1) is 42.7 Å². The molecule has 0 aliphatic heterocycles. The number of benzene rings is 6. The molecule has 65 heavy (non-hydrogen) atoms. The van der Waals surface area contributed by atoms with Gasteiger partial charge in [-0.05, 0) is 151 Å². The first kappa shape index (κ1) is 50.1. The first-order valence-electron chi connectivity index (χ1n) is 23.0. The van der Waals surface area contributed by atoms with E-state index in [2.05, 4.69) is 140 Å². The van der Waals surface area contributed by atoms with Crippen molar-refractivity contribution >= 4 is 0 Å². The number of aryl methyl sites for hydroxylation is 4. The van der Waals surface area contributed by atoms with Gasteiger partial charge in [0.15, 0.2) is 0 Å². The van der Waals surface area contributed by atoms with Crippen molar-refractivity contribution in [3.63, 3.8) is 0 Å². The maximum atomic E-state index is 5.46. The second-order valence-electron chi connectivity index (χ2n) is 18.1. The average Bonchev–Trinajstić information content (AvgIpc) is 3.34. The largest absolute Gasteiger partial charge is 0.497 e. The zero-order chi connectivity index (χ0) is 47.4. The van der Waals surface area contributed by atoms with Crippen LogP contribution in [0.4, 0.5) is 0 Å². The molecule has 6 aromatic carbocycles. The Morgan fingerprint density at radius 1 is 0.400 bits per heavy atom. The van der Waals surface area contributed by atoms with Gasteiger partial charge in [0.25, 0.3) is 0 Å². The van der Waals surface area contributed by atoms with E-state index in [0.29, 0.717) is 0 Å². The van der Waals surface area contributed by atoms with Gasteiger partial charge in [-0.3, -0.25) is 0 Å². The molecule has 1 aliphatic rings. The van der Waals surface area contributed by atoms with E-state index < -0.39 is 0 Å². The van der Waals surface area contributed by atoms with Crippen LogP contribution in [0, 0.1) is 27.7 Å². The number of ether oxygens (including phenoxy) is 6. The molecule has 0 atom stereocenters. The summed E-state index contributed by atoms with van der Waals surface area (Å²) >= 11 is 0. The molecular formula is C59H74O6. The lowest BCUT2D eigenvalue weighted by molar-refractivity contribution is 0.344. The first-order valence-corrected chi connectivity index (χ1v) is 23.0. The van der Waals surface area contributed by atoms with Crippen LogP contribution in [0.3, 0.4) is 0 Å². The summed E-state index contributed by atoms with van der Waals surface area (Å²) in [5, 5.41) is 0. The average molecular weight is 879 g/mol. The Balaban J connectivity index is 0.000000184. The fourth-order valence-corrected chi connectivity index (χ4v) is 9.45. The van der Waals surface area contributed by atoms with Crippen LogP contribution in [0.2, 0.25) is 0 Å². The van der Waals surface area contributed by atoms with Gasteiger partial charge in [-0.15, -0.1) is 0 Å². The van der Waals surface area contributed by atoms with Crippen molar-refractivity contribution < 1.29 is 28.4 Å². The Morgan fingerprint density at radius 3 is 1.02 bits per heavy atom.